The van der Waals surface area contributed by atoms with E-state index in [0.29, 0.717) is 21.6 Å². The number of carbonyl (C=O) groups is 1. The number of benzene rings is 2. The lowest BCUT2D eigenvalue weighted by atomic mass is 10.2. The predicted octanol–water partition coefficient (Wildman–Crippen LogP) is 3.20. The Balaban J connectivity index is 1.97. The second-order valence-electron chi connectivity index (χ2n) is 5.45. The number of nitrogens with zero attached hydrogens (tertiary/aromatic N) is 1. The average Bonchev–Trinajstić information content (AvgIpc) is 2.58. The van der Waals surface area contributed by atoms with Crippen LogP contribution >= 0.6 is 23.2 Å². The number of rotatable bonds is 3. The van der Waals surface area contributed by atoms with Gasteiger partial charge in [0, 0.05) is 5.69 Å². The number of para-hydroxylation sites is 1. The van der Waals surface area contributed by atoms with Gasteiger partial charge in [0.1, 0.15) is 6.04 Å². The second kappa shape index (κ2) is 6.74. The molecule has 1 amide bonds. The van der Waals surface area contributed by atoms with Gasteiger partial charge in [0.25, 0.3) is 5.56 Å². The summed E-state index contributed by atoms with van der Waals surface area (Å²) in [5.74, 6) is -0.527. The number of carbonyl (C=O) groups excluding carboxylic acids is 1. The summed E-state index contributed by atoms with van der Waals surface area (Å²) in [6.45, 7) is 1.47. The molecule has 1 unspecified atom stereocenters. The molecule has 128 valence electrons. The van der Waals surface area contributed by atoms with E-state index in [2.05, 4.69) is 10.3 Å². The molecule has 0 saturated carbocycles. The molecule has 0 fully saturated rings. The first-order chi connectivity index (χ1) is 11.9. The van der Waals surface area contributed by atoms with Crippen molar-refractivity contribution in [3.8, 4) is 0 Å². The van der Waals surface area contributed by atoms with Gasteiger partial charge in [-0.15, -0.1) is 0 Å². The highest BCUT2D eigenvalue weighted by molar-refractivity contribution is 6.42. The van der Waals surface area contributed by atoms with Gasteiger partial charge in [0.2, 0.25) is 5.91 Å². The summed E-state index contributed by atoms with van der Waals surface area (Å²) >= 11 is 11.8. The van der Waals surface area contributed by atoms with Crippen LogP contribution in [-0.2, 0) is 4.79 Å². The maximum absolute atomic E-state index is 12.6. The van der Waals surface area contributed by atoms with Crippen molar-refractivity contribution in [1.29, 1.82) is 0 Å². The summed E-state index contributed by atoms with van der Waals surface area (Å²) < 4.78 is 0.884. The van der Waals surface area contributed by atoms with E-state index in [0.717, 1.165) is 4.57 Å². The van der Waals surface area contributed by atoms with Crippen LogP contribution in [-0.4, -0.2) is 15.5 Å². The Bertz CT molecular complexity index is 1090. The Morgan fingerprint density at radius 2 is 1.84 bits per heavy atom. The van der Waals surface area contributed by atoms with Crippen LogP contribution in [0.15, 0.2) is 52.1 Å². The summed E-state index contributed by atoms with van der Waals surface area (Å²) in [7, 11) is 0. The zero-order chi connectivity index (χ0) is 18.1. The minimum Gasteiger partial charge on any atom is -0.324 e. The van der Waals surface area contributed by atoms with Crippen molar-refractivity contribution < 1.29 is 4.79 Å². The van der Waals surface area contributed by atoms with Crippen molar-refractivity contribution in [1.82, 2.24) is 9.55 Å². The summed E-state index contributed by atoms with van der Waals surface area (Å²) in [4.78, 5) is 39.9. The van der Waals surface area contributed by atoms with Gasteiger partial charge < -0.3 is 10.3 Å². The van der Waals surface area contributed by atoms with Crippen LogP contribution in [0.2, 0.25) is 10.0 Å². The first-order valence-corrected chi connectivity index (χ1v) is 8.13. The Hall–Kier alpha value is -2.57. The number of fused-ring (bicyclic) bond motifs is 1. The molecular weight excluding hydrogens is 365 g/mol. The van der Waals surface area contributed by atoms with Gasteiger partial charge in [-0.05, 0) is 37.3 Å². The minimum absolute atomic E-state index is 0.285. The minimum atomic E-state index is -1.02. The molecule has 8 heteroatoms. The van der Waals surface area contributed by atoms with Crippen LogP contribution in [0.4, 0.5) is 5.69 Å². The number of hydrogen-bond acceptors (Lipinski definition) is 3. The van der Waals surface area contributed by atoms with E-state index in [4.69, 9.17) is 23.2 Å². The molecule has 0 bridgehead atoms. The Kier molecular flexibility index (Phi) is 4.65. The molecule has 0 aliphatic rings. The van der Waals surface area contributed by atoms with Crippen LogP contribution in [0.5, 0.6) is 0 Å². The van der Waals surface area contributed by atoms with Crippen molar-refractivity contribution in [2.24, 2.45) is 0 Å². The number of halogens is 2. The fraction of sp³-hybridized carbons (Fsp3) is 0.118. The summed E-state index contributed by atoms with van der Waals surface area (Å²) in [6, 6.07) is 10.2. The topological polar surface area (TPSA) is 84.0 Å². The lowest BCUT2D eigenvalue weighted by Gasteiger charge is -2.15. The summed E-state index contributed by atoms with van der Waals surface area (Å²) in [6.07, 6.45) is 0. The van der Waals surface area contributed by atoms with Gasteiger partial charge >= 0.3 is 5.69 Å². The smallest absolute Gasteiger partial charge is 0.324 e. The molecule has 0 aliphatic heterocycles. The standard InChI is InChI=1S/C17H13Cl2N3O3/c1-9(15(23)20-10-6-7-12(18)13(19)8-10)22-16(24)11-4-2-3-5-14(11)21-17(22)25/h2-9H,1H3,(H,20,23)(H,21,25). The number of anilines is 1. The third-order valence-electron chi connectivity index (χ3n) is 3.79. The zero-order valence-electron chi connectivity index (χ0n) is 13.0. The van der Waals surface area contributed by atoms with E-state index >= 15 is 0 Å². The summed E-state index contributed by atoms with van der Waals surface area (Å²) in [5, 5.41) is 3.59. The Morgan fingerprint density at radius 1 is 1.12 bits per heavy atom. The monoisotopic (exact) mass is 377 g/mol. The van der Waals surface area contributed by atoms with Crippen molar-refractivity contribution in [2.45, 2.75) is 13.0 Å². The maximum Gasteiger partial charge on any atom is 0.329 e. The Morgan fingerprint density at radius 3 is 2.56 bits per heavy atom. The highest BCUT2D eigenvalue weighted by Gasteiger charge is 2.20. The SMILES string of the molecule is CC(C(=O)Nc1ccc(Cl)c(Cl)c1)n1c(=O)[nH]c2ccccc2c1=O. The molecule has 1 heterocycles. The third-order valence-corrected chi connectivity index (χ3v) is 4.53. The van der Waals surface area contributed by atoms with E-state index < -0.39 is 23.2 Å². The Labute approximate surface area is 152 Å². The molecule has 3 rings (SSSR count). The van der Waals surface area contributed by atoms with E-state index in [1.54, 1.807) is 36.4 Å². The van der Waals surface area contributed by atoms with Crippen LogP contribution in [0, 0.1) is 0 Å². The third kappa shape index (κ3) is 3.31. The van der Waals surface area contributed by atoms with Crippen molar-refractivity contribution in [3.63, 3.8) is 0 Å². The molecule has 1 atom stereocenters. The van der Waals surface area contributed by atoms with E-state index in [1.807, 2.05) is 0 Å². The lowest BCUT2D eigenvalue weighted by Crippen LogP contribution is -2.41. The van der Waals surface area contributed by atoms with E-state index in [-0.39, 0.29) is 5.02 Å². The normalized spacial score (nSPS) is 12.1. The highest BCUT2D eigenvalue weighted by Crippen LogP contribution is 2.25. The van der Waals surface area contributed by atoms with Gasteiger partial charge in [0.05, 0.1) is 20.9 Å². The van der Waals surface area contributed by atoms with Crippen LogP contribution in [0.25, 0.3) is 10.9 Å². The summed E-state index contributed by atoms with van der Waals surface area (Å²) in [5.41, 5.74) is -0.348. The highest BCUT2D eigenvalue weighted by atomic mass is 35.5. The van der Waals surface area contributed by atoms with E-state index in [1.165, 1.54) is 13.0 Å². The molecule has 0 radical (unpaired) electrons. The first kappa shape index (κ1) is 17.3. The number of nitrogens with one attached hydrogen (secondary N) is 2. The van der Waals surface area contributed by atoms with Crippen LogP contribution in [0.3, 0.4) is 0 Å². The average molecular weight is 378 g/mol. The number of aromatic nitrogens is 2. The number of aromatic amines is 1. The largest absolute Gasteiger partial charge is 0.329 e. The molecule has 3 aromatic rings. The fourth-order valence-corrected chi connectivity index (χ4v) is 2.76. The predicted molar refractivity (Wildman–Crippen MR) is 98.6 cm³/mol. The van der Waals surface area contributed by atoms with Gasteiger partial charge in [-0.1, -0.05) is 35.3 Å². The number of H-pyrrole nitrogens is 1. The molecule has 0 spiro atoms. The first-order valence-electron chi connectivity index (χ1n) is 7.38. The van der Waals surface area contributed by atoms with Gasteiger partial charge in [-0.25, -0.2) is 9.36 Å². The molecular formula is C17H13Cl2N3O3. The van der Waals surface area contributed by atoms with Gasteiger partial charge in [0.15, 0.2) is 0 Å². The molecule has 2 N–H and O–H groups in total. The molecule has 0 saturated heterocycles. The lowest BCUT2D eigenvalue weighted by molar-refractivity contribution is -0.118. The molecule has 2 aromatic carbocycles. The second-order valence-corrected chi connectivity index (χ2v) is 6.26. The van der Waals surface area contributed by atoms with Crippen molar-refractivity contribution in [3.05, 3.63) is 73.3 Å². The van der Waals surface area contributed by atoms with Crippen LogP contribution in [0.1, 0.15) is 13.0 Å². The van der Waals surface area contributed by atoms with Gasteiger partial charge in [-0.3, -0.25) is 9.59 Å². The quantitative estimate of drug-likeness (QED) is 0.734. The zero-order valence-corrected chi connectivity index (χ0v) is 14.6. The molecule has 1 aromatic heterocycles. The van der Waals surface area contributed by atoms with Crippen LogP contribution < -0.4 is 16.6 Å². The van der Waals surface area contributed by atoms with Crippen molar-refractivity contribution >= 4 is 45.7 Å². The van der Waals surface area contributed by atoms with Gasteiger partial charge in [-0.2, -0.15) is 0 Å². The maximum atomic E-state index is 12.6. The molecule has 25 heavy (non-hydrogen) atoms. The molecule has 6 nitrogen and oxygen atoms in total. The fourth-order valence-electron chi connectivity index (χ4n) is 2.47. The number of hydrogen-bond donors (Lipinski definition) is 2. The van der Waals surface area contributed by atoms with Crippen molar-refractivity contribution in [2.75, 3.05) is 5.32 Å². The molecule has 0 aliphatic carbocycles. The number of amides is 1. The van der Waals surface area contributed by atoms with E-state index in [9.17, 15) is 14.4 Å².